The lowest BCUT2D eigenvalue weighted by Crippen LogP contribution is -1.89. The maximum Gasteiger partial charge on any atom is 0.0465 e. The molecule has 1 N–H and O–H groups in total. The van der Waals surface area contributed by atoms with Crippen LogP contribution in [0.1, 0.15) is 17.9 Å². The summed E-state index contributed by atoms with van der Waals surface area (Å²) in [7, 11) is 0. The molecule has 13 heavy (non-hydrogen) atoms. The van der Waals surface area contributed by atoms with Gasteiger partial charge in [0.05, 0.1) is 0 Å². The molecule has 1 aromatic carbocycles. The average molecular weight is 217 g/mol. The fourth-order valence-corrected chi connectivity index (χ4v) is 2.07. The monoisotopic (exact) mass is 216 g/mol. The van der Waals surface area contributed by atoms with Crippen LogP contribution in [0.2, 0.25) is 10.0 Å². The van der Waals surface area contributed by atoms with Gasteiger partial charge in [0.15, 0.2) is 0 Å². The predicted octanol–water partition coefficient (Wildman–Crippen LogP) is 3.09. The summed E-state index contributed by atoms with van der Waals surface area (Å²) in [5.41, 5.74) is 1.08. The first-order valence-electron chi connectivity index (χ1n) is 4.28. The Morgan fingerprint density at radius 2 is 2.15 bits per heavy atom. The molecule has 1 saturated carbocycles. The Kier molecular flexibility index (Phi) is 2.50. The molecule has 1 nitrogen and oxygen atoms in total. The lowest BCUT2D eigenvalue weighted by Gasteiger charge is -2.02. The molecule has 1 aliphatic rings. The molecule has 0 bridgehead atoms. The highest BCUT2D eigenvalue weighted by molar-refractivity contribution is 6.33. The van der Waals surface area contributed by atoms with Crippen LogP contribution in [0, 0.1) is 5.92 Å². The lowest BCUT2D eigenvalue weighted by molar-refractivity contribution is 0.274. The van der Waals surface area contributed by atoms with Crippen LogP contribution in [-0.2, 0) is 0 Å². The van der Waals surface area contributed by atoms with E-state index in [1.54, 1.807) is 6.07 Å². The molecule has 3 heteroatoms. The third kappa shape index (κ3) is 1.83. The largest absolute Gasteiger partial charge is 0.396 e. The van der Waals surface area contributed by atoms with E-state index < -0.39 is 0 Å². The summed E-state index contributed by atoms with van der Waals surface area (Å²) < 4.78 is 0. The number of halogens is 2. The Morgan fingerprint density at radius 3 is 2.77 bits per heavy atom. The normalized spacial score (nSPS) is 26.1. The van der Waals surface area contributed by atoms with E-state index in [0.29, 0.717) is 16.9 Å². The van der Waals surface area contributed by atoms with Crippen molar-refractivity contribution in [2.45, 2.75) is 12.3 Å². The van der Waals surface area contributed by atoms with Crippen molar-refractivity contribution in [1.29, 1.82) is 0 Å². The first kappa shape index (κ1) is 9.32. The molecule has 0 unspecified atom stereocenters. The van der Waals surface area contributed by atoms with Crippen molar-refractivity contribution in [1.82, 2.24) is 0 Å². The minimum atomic E-state index is 0.244. The molecular formula is C10H10Cl2O. The van der Waals surface area contributed by atoms with Crippen molar-refractivity contribution in [3.63, 3.8) is 0 Å². The van der Waals surface area contributed by atoms with E-state index in [1.165, 1.54) is 0 Å². The number of aliphatic hydroxyl groups is 1. The van der Waals surface area contributed by atoms with E-state index in [1.807, 2.05) is 12.1 Å². The Balaban J connectivity index is 2.25. The van der Waals surface area contributed by atoms with Crippen LogP contribution < -0.4 is 0 Å². The summed E-state index contributed by atoms with van der Waals surface area (Å²) in [5, 5.41) is 10.4. The van der Waals surface area contributed by atoms with E-state index in [4.69, 9.17) is 28.3 Å². The van der Waals surface area contributed by atoms with Gasteiger partial charge in [-0.05, 0) is 42.0 Å². The van der Waals surface area contributed by atoms with E-state index in [9.17, 15) is 0 Å². The molecule has 0 spiro atoms. The second kappa shape index (κ2) is 3.49. The molecule has 0 aromatic heterocycles. The van der Waals surface area contributed by atoms with Crippen molar-refractivity contribution in [3.05, 3.63) is 33.8 Å². The van der Waals surface area contributed by atoms with Gasteiger partial charge in [-0.15, -0.1) is 0 Å². The van der Waals surface area contributed by atoms with Gasteiger partial charge in [-0.3, -0.25) is 0 Å². The van der Waals surface area contributed by atoms with Gasteiger partial charge >= 0.3 is 0 Å². The van der Waals surface area contributed by atoms with Gasteiger partial charge in [0.2, 0.25) is 0 Å². The SMILES string of the molecule is OC[C@H]1C[C@H]1c1cc(Cl)ccc1Cl. The summed E-state index contributed by atoms with van der Waals surface area (Å²) in [5.74, 6) is 0.798. The number of rotatable bonds is 2. The first-order valence-corrected chi connectivity index (χ1v) is 5.03. The molecule has 1 aromatic rings. The summed E-state index contributed by atoms with van der Waals surface area (Å²) in [6.07, 6.45) is 1.02. The third-order valence-electron chi connectivity index (χ3n) is 2.51. The Morgan fingerprint density at radius 1 is 1.38 bits per heavy atom. The molecule has 0 heterocycles. The number of hydrogen-bond acceptors (Lipinski definition) is 1. The third-order valence-corrected chi connectivity index (χ3v) is 3.09. The molecule has 0 amide bonds. The summed E-state index contributed by atoms with van der Waals surface area (Å²) in [6.45, 7) is 0.244. The number of benzene rings is 1. The molecule has 2 atom stereocenters. The highest BCUT2D eigenvalue weighted by Gasteiger charge is 2.38. The second-order valence-electron chi connectivity index (χ2n) is 3.45. The van der Waals surface area contributed by atoms with Crippen molar-refractivity contribution in [2.75, 3.05) is 6.61 Å². The van der Waals surface area contributed by atoms with Crippen LogP contribution in [0.25, 0.3) is 0 Å². The Labute approximate surface area is 87.3 Å². The van der Waals surface area contributed by atoms with Crippen molar-refractivity contribution < 1.29 is 5.11 Å². The van der Waals surface area contributed by atoms with Gasteiger partial charge in [0, 0.05) is 16.7 Å². The smallest absolute Gasteiger partial charge is 0.0465 e. The molecule has 0 radical (unpaired) electrons. The zero-order valence-corrected chi connectivity index (χ0v) is 8.52. The van der Waals surface area contributed by atoms with Crippen LogP contribution in [0.4, 0.5) is 0 Å². The van der Waals surface area contributed by atoms with Gasteiger partial charge in [0.1, 0.15) is 0 Å². The fourth-order valence-electron chi connectivity index (χ4n) is 1.63. The lowest BCUT2D eigenvalue weighted by atomic mass is 10.1. The molecule has 1 aliphatic carbocycles. The van der Waals surface area contributed by atoms with Crippen LogP contribution in [0.3, 0.4) is 0 Å². The van der Waals surface area contributed by atoms with E-state index in [0.717, 1.165) is 17.0 Å². The highest BCUT2D eigenvalue weighted by Crippen LogP contribution is 2.49. The highest BCUT2D eigenvalue weighted by atomic mass is 35.5. The van der Waals surface area contributed by atoms with Gasteiger partial charge in [0.25, 0.3) is 0 Å². The quantitative estimate of drug-likeness (QED) is 0.806. The Bertz CT molecular complexity index is 325. The molecule has 0 aliphatic heterocycles. The van der Waals surface area contributed by atoms with Crippen LogP contribution >= 0.6 is 23.2 Å². The molecule has 2 rings (SSSR count). The minimum absolute atomic E-state index is 0.244. The van der Waals surface area contributed by atoms with Gasteiger partial charge in [-0.1, -0.05) is 23.2 Å². The molecule has 1 fully saturated rings. The maximum atomic E-state index is 8.92. The summed E-state index contributed by atoms with van der Waals surface area (Å²) >= 11 is 11.9. The van der Waals surface area contributed by atoms with Crippen molar-refractivity contribution in [2.24, 2.45) is 5.92 Å². The Hall–Kier alpha value is -0.240. The van der Waals surface area contributed by atoms with Gasteiger partial charge < -0.3 is 5.11 Å². The van der Waals surface area contributed by atoms with Crippen molar-refractivity contribution in [3.8, 4) is 0 Å². The molecular weight excluding hydrogens is 207 g/mol. The van der Waals surface area contributed by atoms with E-state index in [-0.39, 0.29) is 6.61 Å². The van der Waals surface area contributed by atoms with Crippen LogP contribution in [0.5, 0.6) is 0 Å². The van der Waals surface area contributed by atoms with Crippen LogP contribution in [-0.4, -0.2) is 11.7 Å². The van der Waals surface area contributed by atoms with Crippen LogP contribution in [0.15, 0.2) is 18.2 Å². The summed E-state index contributed by atoms with van der Waals surface area (Å²) in [6, 6.07) is 5.49. The van der Waals surface area contributed by atoms with Gasteiger partial charge in [-0.2, -0.15) is 0 Å². The van der Waals surface area contributed by atoms with Gasteiger partial charge in [-0.25, -0.2) is 0 Å². The zero-order valence-electron chi connectivity index (χ0n) is 7.00. The number of aliphatic hydroxyl groups excluding tert-OH is 1. The minimum Gasteiger partial charge on any atom is -0.396 e. The topological polar surface area (TPSA) is 20.2 Å². The van der Waals surface area contributed by atoms with Crippen molar-refractivity contribution >= 4 is 23.2 Å². The maximum absolute atomic E-state index is 8.92. The average Bonchev–Trinajstić information content (AvgIpc) is 2.88. The molecule has 0 saturated heterocycles. The standard InChI is InChI=1S/C10H10Cl2O/c11-7-1-2-10(12)9(4-7)8-3-6(8)5-13/h1-2,4,6,8,13H,3,5H2/t6-,8-/m1/s1. The molecule has 70 valence electrons. The second-order valence-corrected chi connectivity index (χ2v) is 4.29. The first-order chi connectivity index (χ1) is 6.22. The number of hydrogen-bond donors (Lipinski definition) is 1. The fraction of sp³-hybridized carbons (Fsp3) is 0.400. The van der Waals surface area contributed by atoms with E-state index in [2.05, 4.69) is 0 Å². The predicted molar refractivity (Wildman–Crippen MR) is 54.4 cm³/mol. The zero-order chi connectivity index (χ0) is 9.42. The summed E-state index contributed by atoms with van der Waals surface area (Å²) in [4.78, 5) is 0. The van der Waals surface area contributed by atoms with E-state index >= 15 is 0 Å².